The Morgan fingerprint density at radius 2 is 2.07 bits per heavy atom. The van der Waals surface area contributed by atoms with Crippen molar-refractivity contribution in [1.29, 1.82) is 0 Å². The molecule has 2 rings (SSSR count). The minimum Gasteiger partial charge on any atom is -0.382 e. The van der Waals surface area contributed by atoms with Crippen molar-refractivity contribution >= 4 is 11.5 Å². The van der Waals surface area contributed by atoms with E-state index in [0.717, 1.165) is 0 Å². The minimum absolute atomic E-state index is 0.0604. The highest BCUT2D eigenvalue weighted by Gasteiger charge is 2.16. The zero-order valence-corrected chi connectivity index (χ0v) is 7.41. The van der Waals surface area contributed by atoms with Crippen LogP contribution in [-0.2, 0) is 0 Å². The highest BCUT2D eigenvalue weighted by Crippen LogP contribution is 2.22. The van der Waals surface area contributed by atoms with Crippen LogP contribution in [0, 0.1) is 6.92 Å². The van der Waals surface area contributed by atoms with Crippen molar-refractivity contribution in [3.05, 3.63) is 23.8 Å². The number of fused-ring (bicyclic) bond motifs is 1. The predicted molar refractivity (Wildman–Crippen MR) is 47.1 cm³/mol. The Morgan fingerprint density at radius 3 is 2.71 bits per heavy atom. The molecule has 4 nitrogen and oxygen atoms in total. The van der Waals surface area contributed by atoms with Gasteiger partial charge in [0.15, 0.2) is 11.3 Å². The summed E-state index contributed by atoms with van der Waals surface area (Å²) in [6.07, 6.45) is 0.420. The van der Waals surface area contributed by atoms with Gasteiger partial charge in [-0.2, -0.15) is 0 Å². The largest absolute Gasteiger partial charge is 0.382 e. The number of rotatable bonds is 1. The van der Waals surface area contributed by atoms with Gasteiger partial charge in [0.2, 0.25) is 0 Å². The van der Waals surface area contributed by atoms with Crippen molar-refractivity contribution in [3.8, 4) is 0 Å². The number of hydrogen-bond donors (Lipinski definition) is 1. The summed E-state index contributed by atoms with van der Waals surface area (Å²) in [4.78, 5) is 7.50. The molecule has 0 fully saturated rings. The van der Waals surface area contributed by atoms with Gasteiger partial charge in [0.25, 0.3) is 6.43 Å². The number of alkyl halides is 2. The van der Waals surface area contributed by atoms with Crippen LogP contribution in [0.5, 0.6) is 0 Å². The summed E-state index contributed by atoms with van der Waals surface area (Å²) in [5.41, 5.74) is 5.81. The quantitative estimate of drug-likeness (QED) is 0.756. The molecule has 0 saturated carbocycles. The van der Waals surface area contributed by atoms with Gasteiger partial charge in [0.1, 0.15) is 5.82 Å². The molecule has 0 aliphatic heterocycles. The van der Waals surface area contributed by atoms with Gasteiger partial charge >= 0.3 is 0 Å². The molecular formula is C8H8F2N4. The molecule has 14 heavy (non-hydrogen) atoms. The second kappa shape index (κ2) is 2.90. The zero-order chi connectivity index (χ0) is 10.3. The number of aromatic nitrogens is 3. The molecule has 0 radical (unpaired) electrons. The van der Waals surface area contributed by atoms with Gasteiger partial charge in [0, 0.05) is 6.20 Å². The van der Waals surface area contributed by atoms with Gasteiger partial charge in [0.05, 0.1) is 11.9 Å². The van der Waals surface area contributed by atoms with E-state index in [9.17, 15) is 8.78 Å². The molecule has 0 saturated heterocycles. The van der Waals surface area contributed by atoms with E-state index in [0.29, 0.717) is 5.69 Å². The van der Waals surface area contributed by atoms with E-state index in [-0.39, 0.29) is 17.2 Å². The van der Waals surface area contributed by atoms with Crippen LogP contribution in [-0.4, -0.2) is 14.4 Å². The first-order chi connectivity index (χ1) is 6.58. The molecular weight excluding hydrogens is 190 g/mol. The van der Waals surface area contributed by atoms with Crippen molar-refractivity contribution < 1.29 is 8.78 Å². The molecule has 2 N–H and O–H groups in total. The fourth-order valence-electron chi connectivity index (χ4n) is 1.31. The van der Waals surface area contributed by atoms with Crippen molar-refractivity contribution in [1.82, 2.24) is 14.4 Å². The SMILES string of the molecule is Cc1cn2cc(N)nc(C(F)F)c2n1. The molecule has 2 aromatic rings. The lowest BCUT2D eigenvalue weighted by Gasteiger charge is -2.02. The van der Waals surface area contributed by atoms with Gasteiger partial charge in [-0.15, -0.1) is 0 Å². The van der Waals surface area contributed by atoms with Crippen molar-refractivity contribution in [2.24, 2.45) is 0 Å². The van der Waals surface area contributed by atoms with Crippen LogP contribution in [0.25, 0.3) is 5.65 Å². The zero-order valence-electron chi connectivity index (χ0n) is 7.41. The minimum atomic E-state index is -2.66. The second-order valence-corrected chi connectivity index (χ2v) is 2.96. The molecule has 0 unspecified atom stereocenters. The molecule has 2 heterocycles. The van der Waals surface area contributed by atoms with Crippen LogP contribution >= 0.6 is 0 Å². The highest BCUT2D eigenvalue weighted by atomic mass is 19.3. The van der Waals surface area contributed by atoms with E-state index in [1.54, 1.807) is 13.1 Å². The summed E-state index contributed by atoms with van der Waals surface area (Å²) in [6, 6.07) is 0. The van der Waals surface area contributed by atoms with Gasteiger partial charge < -0.3 is 10.1 Å². The summed E-state index contributed by atoms with van der Waals surface area (Å²) < 4.78 is 26.5. The number of anilines is 1. The number of nitrogen functional groups attached to an aromatic ring is 1. The van der Waals surface area contributed by atoms with Crippen LogP contribution in [0.15, 0.2) is 12.4 Å². The Labute approximate surface area is 78.4 Å². The Morgan fingerprint density at radius 1 is 1.36 bits per heavy atom. The molecule has 0 atom stereocenters. The number of imidazole rings is 1. The number of hydrogen-bond acceptors (Lipinski definition) is 3. The topological polar surface area (TPSA) is 56.2 Å². The lowest BCUT2D eigenvalue weighted by molar-refractivity contribution is 0.147. The molecule has 74 valence electrons. The fraction of sp³-hybridized carbons (Fsp3) is 0.250. The monoisotopic (exact) mass is 198 g/mol. The number of nitrogens with two attached hydrogens (primary N) is 1. The molecule has 0 aromatic carbocycles. The molecule has 0 aliphatic rings. The summed E-state index contributed by atoms with van der Waals surface area (Å²) in [6.45, 7) is 1.72. The third-order valence-corrected chi connectivity index (χ3v) is 1.81. The normalized spacial score (nSPS) is 11.4. The number of aryl methyl sites for hydroxylation is 1. The van der Waals surface area contributed by atoms with Gasteiger partial charge in [-0.1, -0.05) is 0 Å². The first kappa shape index (κ1) is 8.86. The average Bonchev–Trinajstić information content (AvgIpc) is 2.42. The van der Waals surface area contributed by atoms with Gasteiger partial charge in [-0.3, -0.25) is 0 Å². The van der Waals surface area contributed by atoms with E-state index in [1.807, 2.05) is 0 Å². The number of nitrogens with zero attached hydrogens (tertiary/aromatic N) is 3. The summed E-state index contributed by atoms with van der Waals surface area (Å²) in [7, 11) is 0. The Bertz CT molecular complexity index is 477. The molecule has 2 aromatic heterocycles. The van der Waals surface area contributed by atoms with E-state index in [2.05, 4.69) is 9.97 Å². The smallest absolute Gasteiger partial charge is 0.284 e. The van der Waals surface area contributed by atoms with E-state index >= 15 is 0 Å². The second-order valence-electron chi connectivity index (χ2n) is 2.96. The standard InChI is InChI=1S/C8H8F2N4/c1-4-2-14-3-5(11)13-6(7(9)10)8(14)12-4/h2-3,7H,11H2,1H3. The Kier molecular flexibility index (Phi) is 1.83. The van der Waals surface area contributed by atoms with Crippen LogP contribution in [0.1, 0.15) is 17.8 Å². The maximum absolute atomic E-state index is 12.5. The predicted octanol–water partition coefficient (Wildman–Crippen LogP) is 1.56. The summed E-state index contributed by atoms with van der Waals surface area (Å²) in [5, 5.41) is 0. The highest BCUT2D eigenvalue weighted by molar-refractivity contribution is 5.49. The third kappa shape index (κ3) is 1.28. The number of halogens is 2. The molecule has 0 bridgehead atoms. The Balaban J connectivity index is 2.79. The van der Waals surface area contributed by atoms with Gasteiger partial charge in [-0.05, 0) is 6.92 Å². The first-order valence-corrected chi connectivity index (χ1v) is 3.98. The van der Waals surface area contributed by atoms with E-state index in [1.165, 1.54) is 10.6 Å². The maximum atomic E-state index is 12.5. The maximum Gasteiger partial charge on any atom is 0.284 e. The summed E-state index contributed by atoms with van der Waals surface area (Å²) in [5.74, 6) is 0.0604. The third-order valence-electron chi connectivity index (χ3n) is 1.81. The van der Waals surface area contributed by atoms with Crippen LogP contribution in [0.4, 0.5) is 14.6 Å². The summed E-state index contributed by atoms with van der Waals surface area (Å²) >= 11 is 0. The van der Waals surface area contributed by atoms with Crippen molar-refractivity contribution in [2.75, 3.05) is 5.73 Å². The Hall–Kier alpha value is -1.72. The molecule has 0 spiro atoms. The van der Waals surface area contributed by atoms with Crippen LogP contribution < -0.4 is 5.73 Å². The van der Waals surface area contributed by atoms with Crippen molar-refractivity contribution in [2.45, 2.75) is 13.3 Å². The molecule has 0 aliphatic carbocycles. The van der Waals surface area contributed by atoms with Crippen molar-refractivity contribution in [3.63, 3.8) is 0 Å². The lowest BCUT2D eigenvalue weighted by atomic mass is 10.4. The lowest BCUT2D eigenvalue weighted by Crippen LogP contribution is -2.01. The van der Waals surface area contributed by atoms with E-state index in [4.69, 9.17) is 5.73 Å². The fourth-order valence-corrected chi connectivity index (χ4v) is 1.31. The molecule has 0 amide bonds. The van der Waals surface area contributed by atoms with Gasteiger partial charge in [-0.25, -0.2) is 18.7 Å². The van der Waals surface area contributed by atoms with Crippen LogP contribution in [0.3, 0.4) is 0 Å². The molecule has 6 heteroatoms. The first-order valence-electron chi connectivity index (χ1n) is 3.98. The van der Waals surface area contributed by atoms with Crippen LogP contribution in [0.2, 0.25) is 0 Å². The van der Waals surface area contributed by atoms with E-state index < -0.39 is 6.43 Å². The average molecular weight is 198 g/mol.